The van der Waals surface area contributed by atoms with E-state index >= 15 is 0 Å². The summed E-state index contributed by atoms with van der Waals surface area (Å²) in [6.45, 7) is 0. The Kier molecular flexibility index (Phi) is 5.70. The number of hydrogen-bond acceptors (Lipinski definition) is 0. The highest BCUT2D eigenvalue weighted by atomic mass is 14.2. The van der Waals surface area contributed by atoms with E-state index in [0.29, 0.717) is 0 Å². The van der Waals surface area contributed by atoms with Gasteiger partial charge in [0.15, 0.2) is 0 Å². The molecule has 2 atom stereocenters. The van der Waals surface area contributed by atoms with Gasteiger partial charge in [0.1, 0.15) is 0 Å². The summed E-state index contributed by atoms with van der Waals surface area (Å²) in [5, 5.41) is 0. The Morgan fingerprint density at radius 3 is 1.50 bits per heavy atom. The summed E-state index contributed by atoms with van der Waals surface area (Å²) in [6, 6.07) is 22.2. The summed E-state index contributed by atoms with van der Waals surface area (Å²) < 4.78 is 0. The Morgan fingerprint density at radius 1 is 0.591 bits per heavy atom. The van der Waals surface area contributed by atoms with Gasteiger partial charge in [-0.05, 0) is 42.2 Å². The van der Waals surface area contributed by atoms with E-state index in [-0.39, 0.29) is 0 Å². The van der Waals surface area contributed by atoms with Crippen LogP contribution in [0.3, 0.4) is 0 Å². The van der Waals surface area contributed by atoms with Gasteiger partial charge in [-0.1, -0.05) is 92.8 Å². The minimum Gasteiger partial charge on any atom is -0.0622 e. The van der Waals surface area contributed by atoms with Gasteiger partial charge in [-0.25, -0.2) is 0 Å². The van der Waals surface area contributed by atoms with Gasteiger partial charge < -0.3 is 0 Å². The first-order chi connectivity index (χ1) is 10.9. The molecule has 2 aromatic rings. The Labute approximate surface area is 135 Å². The Hall–Kier alpha value is -1.56. The summed E-state index contributed by atoms with van der Waals surface area (Å²) in [5.74, 6) is 1.74. The van der Waals surface area contributed by atoms with Gasteiger partial charge in [0.25, 0.3) is 0 Å². The third-order valence-electron chi connectivity index (χ3n) is 5.13. The zero-order chi connectivity index (χ0) is 15.0. The van der Waals surface area contributed by atoms with Crippen LogP contribution >= 0.6 is 0 Å². The fraction of sp³-hybridized carbons (Fsp3) is 0.455. The second kappa shape index (κ2) is 8.17. The number of rotatable bonds is 4. The third kappa shape index (κ3) is 4.73. The van der Waals surface area contributed by atoms with Crippen molar-refractivity contribution in [3.05, 3.63) is 71.8 Å². The first kappa shape index (κ1) is 15.3. The van der Waals surface area contributed by atoms with Gasteiger partial charge >= 0.3 is 0 Å². The van der Waals surface area contributed by atoms with Crippen LogP contribution in [0.2, 0.25) is 0 Å². The molecule has 0 saturated heterocycles. The molecule has 22 heavy (non-hydrogen) atoms. The minimum absolute atomic E-state index is 0.872. The Balaban J connectivity index is 1.62. The molecule has 116 valence electrons. The zero-order valence-corrected chi connectivity index (χ0v) is 13.6. The van der Waals surface area contributed by atoms with Gasteiger partial charge in [-0.2, -0.15) is 0 Å². The van der Waals surface area contributed by atoms with E-state index in [1.54, 1.807) is 0 Å². The van der Waals surface area contributed by atoms with E-state index in [0.717, 1.165) is 11.8 Å². The smallest absolute Gasteiger partial charge is 0.0250 e. The van der Waals surface area contributed by atoms with E-state index in [4.69, 9.17) is 0 Å². The molecular weight excluding hydrogens is 264 g/mol. The molecule has 0 N–H and O–H groups in total. The minimum atomic E-state index is 0.872. The summed E-state index contributed by atoms with van der Waals surface area (Å²) in [7, 11) is 0. The maximum atomic E-state index is 2.30. The molecular formula is C22H28. The maximum Gasteiger partial charge on any atom is -0.0250 e. The number of benzene rings is 2. The van der Waals surface area contributed by atoms with E-state index in [2.05, 4.69) is 60.7 Å². The van der Waals surface area contributed by atoms with Crippen molar-refractivity contribution in [2.45, 2.75) is 51.4 Å². The summed E-state index contributed by atoms with van der Waals surface area (Å²) in [4.78, 5) is 0. The van der Waals surface area contributed by atoms with Crippen LogP contribution in [0.4, 0.5) is 0 Å². The first-order valence-electron chi connectivity index (χ1n) is 8.98. The molecule has 1 fully saturated rings. The lowest BCUT2D eigenvalue weighted by Gasteiger charge is -2.27. The third-order valence-corrected chi connectivity index (χ3v) is 5.13. The van der Waals surface area contributed by atoms with Crippen molar-refractivity contribution in [1.82, 2.24) is 0 Å². The molecule has 3 rings (SSSR count). The highest BCUT2D eigenvalue weighted by Crippen LogP contribution is 2.31. The fourth-order valence-corrected chi connectivity index (χ4v) is 4.02. The van der Waals surface area contributed by atoms with Crippen molar-refractivity contribution in [1.29, 1.82) is 0 Å². The van der Waals surface area contributed by atoms with Gasteiger partial charge in [0.05, 0.1) is 0 Å². The molecule has 0 heteroatoms. The van der Waals surface area contributed by atoms with Crippen LogP contribution in [0.1, 0.15) is 49.7 Å². The molecule has 0 heterocycles. The summed E-state index contributed by atoms with van der Waals surface area (Å²) in [5.41, 5.74) is 3.04. The Bertz CT molecular complexity index is 479. The lowest BCUT2D eigenvalue weighted by Crippen LogP contribution is -2.16. The summed E-state index contributed by atoms with van der Waals surface area (Å²) >= 11 is 0. The van der Waals surface area contributed by atoms with E-state index in [1.165, 1.54) is 62.5 Å². The van der Waals surface area contributed by atoms with Crippen LogP contribution in [-0.4, -0.2) is 0 Å². The van der Waals surface area contributed by atoms with Crippen molar-refractivity contribution in [2.75, 3.05) is 0 Å². The predicted molar refractivity (Wildman–Crippen MR) is 95.0 cm³/mol. The topological polar surface area (TPSA) is 0 Å². The second-order valence-electron chi connectivity index (χ2n) is 6.99. The largest absolute Gasteiger partial charge is 0.0622 e. The van der Waals surface area contributed by atoms with Crippen molar-refractivity contribution in [3.8, 4) is 0 Å². The van der Waals surface area contributed by atoms with E-state index < -0.39 is 0 Å². The van der Waals surface area contributed by atoms with Crippen LogP contribution < -0.4 is 0 Å². The standard InChI is InChI=1S/C22H28/c1-4-10-19(11-5-1)16-21-14-8-3-9-15-22(18-21)17-20-12-6-2-7-13-20/h1-2,4-7,10-13,21-22H,3,8-9,14-18H2. The van der Waals surface area contributed by atoms with Gasteiger partial charge in [-0.3, -0.25) is 0 Å². The average molecular weight is 292 g/mol. The first-order valence-corrected chi connectivity index (χ1v) is 8.98. The quantitative estimate of drug-likeness (QED) is 0.642. The van der Waals surface area contributed by atoms with Crippen LogP contribution in [0.15, 0.2) is 60.7 Å². The molecule has 0 nitrogen and oxygen atoms in total. The fourth-order valence-electron chi connectivity index (χ4n) is 4.02. The highest BCUT2D eigenvalue weighted by molar-refractivity contribution is 5.16. The van der Waals surface area contributed by atoms with Crippen LogP contribution in [-0.2, 0) is 12.8 Å². The lowest BCUT2D eigenvalue weighted by molar-refractivity contribution is 0.293. The summed E-state index contributed by atoms with van der Waals surface area (Å²) in [6.07, 6.45) is 11.1. The molecule has 0 aromatic heterocycles. The van der Waals surface area contributed by atoms with Crippen LogP contribution in [0.25, 0.3) is 0 Å². The van der Waals surface area contributed by atoms with E-state index in [1.807, 2.05) is 0 Å². The molecule has 1 aliphatic carbocycles. The van der Waals surface area contributed by atoms with Crippen LogP contribution in [0, 0.1) is 11.8 Å². The van der Waals surface area contributed by atoms with Crippen molar-refractivity contribution >= 4 is 0 Å². The molecule has 2 aromatic carbocycles. The molecule has 1 aliphatic rings. The predicted octanol–water partition coefficient (Wildman–Crippen LogP) is 6.06. The zero-order valence-electron chi connectivity index (χ0n) is 13.6. The molecule has 0 aliphatic heterocycles. The van der Waals surface area contributed by atoms with Gasteiger partial charge in [-0.15, -0.1) is 0 Å². The van der Waals surface area contributed by atoms with Crippen molar-refractivity contribution in [2.24, 2.45) is 11.8 Å². The average Bonchev–Trinajstić information content (AvgIpc) is 2.54. The van der Waals surface area contributed by atoms with Crippen LogP contribution in [0.5, 0.6) is 0 Å². The molecule has 2 unspecified atom stereocenters. The normalized spacial score (nSPS) is 22.7. The SMILES string of the molecule is c1ccc(CC2CCCCCC(Cc3ccccc3)C2)cc1. The number of hydrogen-bond donors (Lipinski definition) is 0. The van der Waals surface area contributed by atoms with E-state index in [9.17, 15) is 0 Å². The second-order valence-corrected chi connectivity index (χ2v) is 6.99. The molecule has 0 amide bonds. The molecule has 0 radical (unpaired) electrons. The lowest BCUT2D eigenvalue weighted by atomic mass is 9.79. The van der Waals surface area contributed by atoms with Crippen molar-refractivity contribution in [3.63, 3.8) is 0 Å². The van der Waals surface area contributed by atoms with Gasteiger partial charge in [0, 0.05) is 0 Å². The molecule has 1 saturated carbocycles. The van der Waals surface area contributed by atoms with Crippen molar-refractivity contribution < 1.29 is 0 Å². The molecule has 0 spiro atoms. The highest BCUT2D eigenvalue weighted by Gasteiger charge is 2.19. The monoisotopic (exact) mass is 292 g/mol. The molecule has 0 bridgehead atoms. The maximum absolute atomic E-state index is 2.30. The van der Waals surface area contributed by atoms with Gasteiger partial charge in [0.2, 0.25) is 0 Å². The Morgan fingerprint density at radius 2 is 1.05 bits per heavy atom.